The summed E-state index contributed by atoms with van der Waals surface area (Å²) in [5, 5.41) is 45.4. The molecule has 0 aliphatic heterocycles. The van der Waals surface area contributed by atoms with E-state index < -0.39 is 41.1 Å². The number of aromatic hydroxyl groups is 1. The number of phenolic OH excluding ortho intramolecular Hbond substituents is 1. The second kappa shape index (κ2) is 11.1. The van der Waals surface area contributed by atoms with Crippen LogP contribution < -0.4 is 5.73 Å². The Bertz CT molecular complexity index is 1540. The van der Waals surface area contributed by atoms with E-state index in [0.29, 0.717) is 18.8 Å². The lowest BCUT2D eigenvalue weighted by Crippen LogP contribution is -2.61. The topological polar surface area (TPSA) is 148 Å². The van der Waals surface area contributed by atoms with E-state index in [9.17, 15) is 30.0 Å². The van der Waals surface area contributed by atoms with Crippen LogP contribution in [0.2, 0.25) is 0 Å². The Morgan fingerprint density at radius 1 is 1.12 bits per heavy atom. The number of aliphatic hydroxyl groups excluding tert-OH is 2. The molecule has 0 bridgehead atoms. The number of amides is 1. The third kappa shape index (κ3) is 5.13. The first-order chi connectivity index (χ1) is 20.1. The van der Waals surface area contributed by atoms with Gasteiger partial charge in [-0.2, -0.15) is 0 Å². The molecule has 1 saturated carbocycles. The van der Waals surface area contributed by atoms with Gasteiger partial charge in [-0.05, 0) is 93.0 Å². The molecule has 0 spiro atoms. The van der Waals surface area contributed by atoms with Crippen molar-refractivity contribution in [3.05, 3.63) is 70.0 Å². The molecule has 0 heterocycles. The van der Waals surface area contributed by atoms with Gasteiger partial charge in [-0.3, -0.25) is 14.5 Å². The van der Waals surface area contributed by atoms with Gasteiger partial charge in [0.25, 0.3) is 5.91 Å². The van der Waals surface area contributed by atoms with E-state index in [1.807, 2.05) is 18.2 Å². The lowest BCUT2D eigenvalue weighted by atomic mass is 9.55. The highest BCUT2D eigenvalue weighted by atomic mass is 16.3. The average molecular weight is 590 g/mol. The van der Waals surface area contributed by atoms with Gasteiger partial charge >= 0.3 is 0 Å². The zero-order valence-electron chi connectivity index (χ0n) is 25.8. The van der Waals surface area contributed by atoms with Gasteiger partial charge < -0.3 is 31.1 Å². The largest absolute Gasteiger partial charge is 0.510 e. The fraction of sp³-hybridized carbons (Fsp3) is 0.471. The molecule has 9 heteroatoms. The van der Waals surface area contributed by atoms with E-state index in [0.717, 1.165) is 35.3 Å². The molecular formula is C34H43N3O6. The van der Waals surface area contributed by atoms with Crippen molar-refractivity contribution in [3.63, 3.8) is 0 Å². The third-order valence-electron chi connectivity index (χ3n) is 9.40. The van der Waals surface area contributed by atoms with Crippen molar-refractivity contribution in [2.45, 2.75) is 51.8 Å². The van der Waals surface area contributed by atoms with Crippen LogP contribution in [0, 0.1) is 23.7 Å². The van der Waals surface area contributed by atoms with Crippen LogP contribution in [0.25, 0.3) is 16.9 Å². The van der Waals surface area contributed by atoms with E-state index in [2.05, 4.69) is 37.9 Å². The second-order valence-electron chi connectivity index (χ2n) is 13.4. The lowest BCUT2D eigenvalue weighted by Gasteiger charge is -2.52. The molecule has 0 radical (unpaired) electrons. The Labute approximate surface area is 252 Å². The first-order valence-corrected chi connectivity index (χ1v) is 14.9. The average Bonchev–Trinajstić information content (AvgIpc) is 2.87. The Balaban J connectivity index is 1.61. The van der Waals surface area contributed by atoms with Gasteiger partial charge in [0.1, 0.15) is 22.9 Å². The van der Waals surface area contributed by atoms with Crippen LogP contribution in [0.1, 0.15) is 43.9 Å². The standard InChI is InChI=1S/C34H43N3O6/c1-17(2)15-37(6)16-18-8-7-9-19(12-18)21-10-11-24(38)26-22(21)13-20-14-23-27(31(40)25(20)30(26)39)34(3,43)28(33(35)42)32(41)29(23)36(4)5/h7-12,17,20,23,27,29,38-39,41,43H,13-16H2,1-6H3,(H2,35,42)/t20?,23?,27?,29-,34?/m0/s1. The van der Waals surface area contributed by atoms with E-state index in [1.54, 1.807) is 19.0 Å². The number of ketones is 1. The number of primary amides is 1. The summed E-state index contributed by atoms with van der Waals surface area (Å²) in [4.78, 5) is 30.6. The molecule has 5 atom stereocenters. The van der Waals surface area contributed by atoms with Gasteiger partial charge in [0, 0.05) is 18.7 Å². The number of allylic oxidation sites excluding steroid dienone is 1. The Kier molecular flexibility index (Phi) is 7.96. The number of phenols is 1. The van der Waals surface area contributed by atoms with Crippen molar-refractivity contribution < 1.29 is 30.0 Å². The van der Waals surface area contributed by atoms with Crippen molar-refractivity contribution in [2.24, 2.45) is 29.4 Å². The highest BCUT2D eigenvalue weighted by Crippen LogP contribution is 2.54. The molecule has 3 aliphatic rings. The molecule has 230 valence electrons. The summed E-state index contributed by atoms with van der Waals surface area (Å²) in [5.74, 6) is -3.85. The highest BCUT2D eigenvalue weighted by molar-refractivity contribution is 6.08. The molecule has 6 N–H and O–H groups in total. The van der Waals surface area contributed by atoms with Crippen molar-refractivity contribution in [3.8, 4) is 16.9 Å². The van der Waals surface area contributed by atoms with Gasteiger partial charge in [0.2, 0.25) is 0 Å². The summed E-state index contributed by atoms with van der Waals surface area (Å²) in [7, 11) is 5.57. The molecular weight excluding hydrogens is 546 g/mol. The van der Waals surface area contributed by atoms with Gasteiger partial charge in [-0.25, -0.2) is 0 Å². The lowest BCUT2D eigenvalue weighted by molar-refractivity contribution is -0.139. The summed E-state index contributed by atoms with van der Waals surface area (Å²) >= 11 is 0. The fourth-order valence-electron chi connectivity index (χ4n) is 7.99. The minimum absolute atomic E-state index is 0.133. The number of Topliss-reactive ketones (excluding diaryl/α,β-unsaturated/α-hetero) is 1. The Hall–Kier alpha value is -3.66. The molecule has 0 aromatic heterocycles. The highest BCUT2D eigenvalue weighted by Gasteiger charge is 2.60. The van der Waals surface area contributed by atoms with Crippen LogP contribution >= 0.6 is 0 Å². The minimum atomic E-state index is -2.05. The van der Waals surface area contributed by atoms with Crippen molar-refractivity contribution in [2.75, 3.05) is 27.7 Å². The number of carbonyl (C=O) groups excluding carboxylic acids is 2. The van der Waals surface area contributed by atoms with Gasteiger partial charge in [0.15, 0.2) is 5.78 Å². The van der Waals surface area contributed by atoms with Crippen LogP contribution in [0.3, 0.4) is 0 Å². The third-order valence-corrected chi connectivity index (χ3v) is 9.40. The predicted octanol–water partition coefficient (Wildman–Crippen LogP) is 3.79. The quantitative estimate of drug-likeness (QED) is 0.328. The number of nitrogens with zero attached hydrogens (tertiary/aromatic N) is 2. The summed E-state index contributed by atoms with van der Waals surface area (Å²) in [6.07, 6.45) is 0.736. The molecule has 2 aromatic carbocycles. The van der Waals surface area contributed by atoms with Crippen LogP contribution in [0.4, 0.5) is 0 Å². The van der Waals surface area contributed by atoms with Gasteiger partial charge in [-0.1, -0.05) is 38.1 Å². The summed E-state index contributed by atoms with van der Waals surface area (Å²) in [6.45, 7) is 7.43. The molecule has 1 fully saturated rings. The summed E-state index contributed by atoms with van der Waals surface area (Å²) in [6, 6.07) is 10.9. The number of hydrogen-bond acceptors (Lipinski definition) is 8. The maximum atomic E-state index is 14.2. The second-order valence-corrected chi connectivity index (χ2v) is 13.4. The van der Waals surface area contributed by atoms with E-state index in [-0.39, 0.29) is 34.0 Å². The summed E-state index contributed by atoms with van der Waals surface area (Å²) < 4.78 is 0. The van der Waals surface area contributed by atoms with E-state index in [4.69, 9.17) is 5.73 Å². The number of hydrogen-bond donors (Lipinski definition) is 5. The number of nitrogens with two attached hydrogens (primary N) is 1. The van der Waals surface area contributed by atoms with Gasteiger partial charge in [0.05, 0.1) is 23.1 Å². The molecule has 5 rings (SSSR count). The molecule has 3 aliphatic carbocycles. The molecule has 43 heavy (non-hydrogen) atoms. The zero-order valence-corrected chi connectivity index (χ0v) is 25.8. The first-order valence-electron chi connectivity index (χ1n) is 14.9. The number of benzene rings is 2. The molecule has 0 saturated heterocycles. The number of rotatable bonds is 7. The van der Waals surface area contributed by atoms with Crippen molar-refractivity contribution in [1.29, 1.82) is 0 Å². The van der Waals surface area contributed by atoms with Crippen LogP contribution in [-0.4, -0.2) is 81.2 Å². The molecule has 9 nitrogen and oxygen atoms in total. The zero-order chi connectivity index (χ0) is 31.5. The SMILES string of the molecule is CC(C)CN(C)Cc1cccc(-c2ccc(O)c3c2CC2CC4C(C(=O)C2=C3O)C(C)(O)C(C(N)=O)=C(O)[C@H]4N(C)C)c1. The number of carbonyl (C=O) groups is 2. The Morgan fingerprint density at radius 3 is 2.44 bits per heavy atom. The maximum Gasteiger partial charge on any atom is 0.251 e. The van der Waals surface area contributed by atoms with Gasteiger partial charge in [-0.15, -0.1) is 0 Å². The van der Waals surface area contributed by atoms with Crippen molar-refractivity contribution >= 4 is 17.4 Å². The first kappa shape index (κ1) is 30.8. The van der Waals surface area contributed by atoms with E-state index >= 15 is 0 Å². The van der Waals surface area contributed by atoms with Crippen LogP contribution in [0.15, 0.2) is 53.3 Å². The molecule has 4 unspecified atom stereocenters. The normalized spacial score (nSPS) is 27.1. The monoisotopic (exact) mass is 589 g/mol. The van der Waals surface area contributed by atoms with Crippen LogP contribution in [-0.2, 0) is 22.6 Å². The van der Waals surface area contributed by atoms with E-state index in [1.165, 1.54) is 13.0 Å². The predicted molar refractivity (Wildman–Crippen MR) is 165 cm³/mol. The summed E-state index contributed by atoms with van der Waals surface area (Å²) in [5.41, 5.74) is 7.19. The smallest absolute Gasteiger partial charge is 0.251 e. The molecule has 1 amide bonds. The molecule has 2 aromatic rings. The minimum Gasteiger partial charge on any atom is -0.510 e. The number of fused-ring (bicyclic) bond motifs is 3. The number of likely N-dealkylation sites (N-methyl/N-ethyl adjacent to an activating group) is 1. The Morgan fingerprint density at radius 2 is 1.81 bits per heavy atom. The maximum absolute atomic E-state index is 14.2. The fourth-order valence-corrected chi connectivity index (χ4v) is 7.99. The number of aliphatic hydroxyl groups is 3. The van der Waals surface area contributed by atoms with Crippen LogP contribution in [0.5, 0.6) is 5.75 Å². The van der Waals surface area contributed by atoms with Crippen molar-refractivity contribution in [1.82, 2.24) is 9.80 Å².